The van der Waals surface area contributed by atoms with Crippen molar-refractivity contribution in [3.8, 4) is 33.8 Å². The van der Waals surface area contributed by atoms with Gasteiger partial charge in [-0.15, -0.1) is 0 Å². The van der Waals surface area contributed by atoms with Crippen LogP contribution in [0.4, 0.5) is 32.0 Å². The predicted molar refractivity (Wildman–Crippen MR) is 188 cm³/mol. The summed E-state index contributed by atoms with van der Waals surface area (Å²) >= 11 is 0. The molecule has 0 bridgehead atoms. The number of halogens is 6. The minimum absolute atomic E-state index is 0.0110. The topological polar surface area (TPSA) is 135 Å². The number of aromatic carboxylic acids is 1. The van der Waals surface area contributed by atoms with Crippen molar-refractivity contribution in [2.24, 2.45) is 0 Å². The Bertz CT molecular complexity index is 2300. The molecule has 1 aromatic heterocycles. The standard InChI is InChI=1S/C20H15F4NO4.C20H15F2NO3/c1-29-12-8-3-2-5-11(12)13-14(21)16(23)18(17(24)15(13)22)25-19(26)9-6-4-7-10(9)20(27)28;1-26-14-5-2-4-12(8-14)13-9-17(21)16(18(22)10-13)11-19-15(20(24)25)6-3-7-23-19/h2-3,5,8H,4,6-7H2,1H3,(H,25,26)(H,27,28);2-10H,11H2,1H3,(H,24,25). The summed E-state index contributed by atoms with van der Waals surface area (Å²) in [5, 5.41) is 20.0. The number of hydrogen-bond donors (Lipinski definition) is 3. The van der Waals surface area contributed by atoms with Crippen LogP contribution in [0, 0.1) is 34.9 Å². The molecule has 0 spiro atoms. The largest absolute Gasteiger partial charge is 0.497 e. The van der Waals surface area contributed by atoms with Crippen LogP contribution < -0.4 is 14.8 Å². The normalized spacial score (nSPS) is 12.1. The lowest BCUT2D eigenvalue weighted by Gasteiger charge is -2.15. The molecule has 0 atom stereocenters. The third-order valence-corrected chi connectivity index (χ3v) is 8.64. The summed E-state index contributed by atoms with van der Waals surface area (Å²) in [4.78, 5) is 38.6. The van der Waals surface area contributed by atoms with Gasteiger partial charge in [0.1, 0.15) is 28.8 Å². The lowest BCUT2D eigenvalue weighted by atomic mass is 9.99. The van der Waals surface area contributed by atoms with E-state index in [9.17, 15) is 45.8 Å². The first-order valence-electron chi connectivity index (χ1n) is 16.3. The maximum absolute atomic E-state index is 14.6. The van der Waals surface area contributed by atoms with Crippen molar-refractivity contribution in [1.29, 1.82) is 0 Å². The van der Waals surface area contributed by atoms with Crippen LogP contribution in [-0.4, -0.2) is 47.3 Å². The molecule has 3 N–H and O–H groups in total. The fourth-order valence-electron chi connectivity index (χ4n) is 5.93. The molecule has 0 aliphatic heterocycles. The number of aromatic nitrogens is 1. The van der Waals surface area contributed by atoms with Crippen LogP contribution in [-0.2, 0) is 16.0 Å². The fourth-order valence-corrected chi connectivity index (χ4v) is 5.93. The first kappa shape index (κ1) is 39.6. The molecule has 0 saturated heterocycles. The van der Waals surface area contributed by atoms with Crippen LogP contribution in [0.3, 0.4) is 0 Å². The second kappa shape index (κ2) is 17.0. The van der Waals surface area contributed by atoms with Gasteiger partial charge in [-0.05, 0) is 72.9 Å². The molecule has 0 radical (unpaired) electrons. The number of methoxy groups -OCH3 is 2. The third kappa shape index (κ3) is 8.45. The first-order valence-corrected chi connectivity index (χ1v) is 16.3. The van der Waals surface area contributed by atoms with Crippen LogP contribution in [0.15, 0.2) is 90.1 Å². The summed E-state index contributed by atoms with van der Waals surface area (Å²) in [5.74, 6) is -11.7. The van der Waals surface area contributed by atoms with Gasteiger partial charge in [-0.2, -0.15) is 0 Å². The van der Waals surface area contributed by atoms with Gasteiger partial charge in [0.05, 0.1) is 31.0 Å². The van der Waals surface area contributed by atoms with E-state index in [0.717, 1.165) is 0 Å². The van der Waals surface area contributed by atoms with Crippen LogP contribution in [0.25, 0.3) is 22.3 Å². The van der Waals surface area contributed by atoms with E-state index in [4.69, 9.17) is 14.6 Å². The molecule has 6 rings (SSSR count). The summed E-state index contributed by atoms with van der Waals surface area (Å²) in [6.45, 7) is 0. The Morgan fingerprint density at radius 2 is 1.38 bits per heavy atom. The Hall–Kier alpha value is -6.64. The summed E-state index contributed by atoms with van der Waals surface area (Å²) in [7, 11) is 2.74. The molecule has 0 fully saturated rings. The van der Waals surface area contributed by atoms with Crippen LogP contribution in [0.2, 0.25) is 0 Å². The third-order valence-electron chi connectivity index (χ3n) is 8.64. The summed E-state index contributed by atoms with van der Waals surface area (Å²) in [6, 6.07) is 17.6. The zero-order valence-corrected chi connectivity index (χ0v) is 29.0. The molecule has 15 heteroatoms. The zero-order valence-electron chi connectivity index (χ0n) is 29.0. The number of anilines is 1. The van der Waals surface area contributed by atoms with E-state index < -0.39 is 64.0 Å². The smallest absolute Gasteiger partial charge is 0.337 e. The Morgan fingerprint density at radius 1 is 0.727 bits per heavy atom. The number of nitrogens with one attached hydrogen (secondary N) is 1. The number of hydrogen-bond acceptors (Lipinski definition) is 6. The zero-order chi connectivity index (χ0) is 40.0. The van der Waals surface area contributed by atoms with Crippen LogP contribution >= 0.6 is 0 Å². The number of ether oxygens (including phenoxy) is 2. The number of carboxylic acids is 2. The molecule has 1 aliphatic carbocycles. The maximum Gasteiger partial charge on any atom is 0.337 e. The Balaban J connectivity index is 0.000000212. The number of nitrogens with zero attached hydrogens (tertiary/aromatic N) is 1. The first-order chi connectivity index (χ1) is 26.3. The van der Waals surface area contributed by atoms with Crippen molar-refractivity contribution in [3.05, 3.63) is 142 Å². The predicted octanol–water partition coefficient (Wildman–Crippen LogP) is 8.75. The lowest BCUT2D eigenvalue weighted by molar-refractivity contribution is -0.133. The minimum atomic E-state index is -1.81. The molecular weight excluding hydrogens is 734 g/mol. The highest BCUT2D eigenvalue weighted by Gasteiger charge is 2.31. The Morgan fingerprint density at radius 3 is 2.00 bits per heavy atom. The van der Waals surface area contributed by atoms with Crippen molar-refractivity contribution in [2.75, 3.05) is 19.5 Å². The number of para-hydroxylation sites is 1. The van der Waals surface area contributed by atoms with E-state index in [1.807, 2.05) is 0 Å². The summed E-state index contributed by atoms with van der Waals surface area (Å²) in [6.07, 6.45) is 1.69. The fraction of sp³-hybridized carbons (Fsp3) is 0.150. The summed E-state index contributed by atoms with van der Waals surface area (Å²) < 4.78 is 97.6. The molecule has 0 unspecified atom stereocenters. The number of benzene rings is 4. The quantitative estimate of drug-likeness (QED) is 0.0950. The van der Waals surface area contributed by atoms with E-state index in [1.54, 1.807) is 29.6 Å². The van der Waals surface area contributed by atoms with E-state index >= 15 is 0 Å². The molecule has 5 aromatic rings. The van der Waals surface area contributed by atoms with Gasteiger partial charge in [-0.1, -0.05) is 30.3 Å². The lowest BCUT2D eigenvalue weighted by Crippen LogP contribution is -2.19. The number of aliphatic carboxylic acids is 1. The second-order valence-electron chi connectivity index (χ2n) is 11.9. The molecule has 0 saturated carbocycles. The SMILES string of the molecule is COc1cccc(-c2cc(F)c(Cc3ncccc3C(=O)O)c(F)c2)c1.COc1ccccc1-c1c(F)c(F)c(NC(=O)C2=C(C(=O)O)CCC2)c(F)c1F. The van der Waals surface area contributed by atoms with E-state index in [-0.39, 0.29) is 58.5 Å². The van der Waals surface area contributed by atoms with E-state index in [0.29, 0.717) is 23.3 Å². The average molecular weight is 765 g/mol. The van der Waals surface area contributed by atoms with E-state index in [2.05, 4.69) is 4.98 Å². The second-order valence-corrected chi connectivity index (χ2v) is 11.9. The number of amides is 1. The highest BCUT2D eigenvalue weighted by molar-refractivity contribution is 6.09. The number of carbonyl (C=O) groups is 3. The van der Waals surface area contributed by atoms with Crippen molar-refractivity contribution in [3.63, 3.8) is 0 Å². The minimum Gasteiger partial charge on any atom is -0.497 e. The van der Waals surface area contributed by atoms with Crippen molar-refractivity contribution in [1.82, 2.24) is 4.98 Å². The monoisotopic (exact) mass is 764 g/mol. The van der Waals surface area contributed by atoms with Crippen LogP contribution in [0.5, 0.6) is 11.5 Å². The van der Waals surface area contributed by atoms with Gasteiger partial charge in [0.15, 0.2) is 23.3 Å². The Labute approximate surface area is 309 Å². The molecule has 1 heterocycles. The van der Waals surface area contributed by atoms with Gasteiger partial charge >= 0.3 is 11.9 Å². The number of carbonyl (C=O) groups excluding carboxylic acids is 1. The number of carboxylic acid groups (broad SMARTS) is 2. The van der Waals surface area contributed by atoms with Gasteiger partial charge < -0.3 is 25.0 Å². The molecule has 1 aliphatic rings. The maximum atomic E-state index is 14.6. The van der Waals surface area contributed by atoms with Crippen molar-refractivity contribution < 1.29 is 60.4 Å². The van der Waals surface area contributed by atoms with Gasteiger partial charge in [0.25, 0.3) is 5.91 Å². The molecule has 9 nitrogen and oxygen atoms in total. The van der Waals surface area contributed by atoms with Gasteiger partial charge in [-0.25, -0.2) is 35.9 Å². The molecule has 284 valence electrons. The number of pyridine rings is 1. The van der Waals surface area contributed by atoms with Gasteiger partial charge in [-0.3, -0.25) is 9.78 Å². The van der Waals surface area contributed by atoms with Gasteiger partial charge in [0, 0.05) is 34.9 Å². The van der Waals surface area contributed by atoms with Crippen molar-refractivity contribution in [2.45, 2.75) is 25.7 Å². The summed E-state index contributed by atoms with van der Waals surface area (Å²) in [5.41, 5.74) is -2.14. The molecule has 1 amide bonds. The molecule has 55 heavy (non-hydrogen) atoms. The van der Waals surface area contributed by atoms with E-state index in [1.165, 1.54) is 68.9 Å². The molecule has 4 aromatic carbocycles. The number of rotatable bonds is 10. The van der Waals surface area contributed by atoms with Crippen LogP contribution in [0.1, 0.15) is 40.9 Å². The molecular formula is C40H30F6N2O7. The highest BCUT2D eigenvalue weighted by Crippen LogP contribution is 2.39. The highest BCUT2D eigenvalue weighted by atomic mass is 19.2. The van der Waals surface area contributed by atoms with Gasteiger partial charge in [0.2, 0.25) is 0 Å². The Kier molecular flexibility index (Phi) is 12.2. The van der Waals surface area contributed by atoms with Crippen molar-refractivity contribution >= 4 is 23.5 Å². The average Bonchev–Trinajstić information content (AvgIpc) is 3.69.